The molecule has 0 saturated heterocycles. The minimum absolute atomic E-state index is 0.330. The number of thiazole rings is 1. The lowest BCUT2D eigenvalue weighted by Crippen LogP contribution is -1.98. The fraction of sp³-hybridized carbons (Fsp3) is 0.308. The summed E-state index contributed by atoms with van der Waals surface area (Å²) in [4.78, 5) is 20.2. The van der Waals surface area contributed by atoms with Gasteiger partial charge in [0.2, 0.25) is 0 Å². The summed E-state index contributed by atoms with van der Waals surface area (Å²) >= 11 is 1.20. The van der Waals surface area contributed by atoms with Gasteiger partial charge in [0, 0.05) is 6.20 Å². The minimum Gasteiger partial charge on any atom is -0.477 e. The maximum Gasteiger partial charge on any atom is 0.347 e. The van der Waals surface area contributed by atoms with Gasteiger partial charge in [-0.15, -0.1) is 11.3 Å². The van der Waals surface area contributed by atoms with Gasteiger partial charge < -0.3 is 5.11 Å². The highest BCUT2D eigenvalue weighted by molar-refractivity contribution is 7.17. The van der Waals surface area contributed by atoms with E-state index in [1.54, 1.807) is 6.20 Å². The van der Waals surface area contributed by atoms with Crippen molar-refractivity contribution in [1.82, 2.24) is 9.97 Å². The second-order valence-corrected chi connectivity index (χ2v) is 5.02. The molecule has 0 bridgehead atoms. The van der Waals surface area contributed by atoms with Crippen LogP contribution in [0.15, 0.2) is 18.3 Å². The number of aromatic nitrogens is 2. The van der Waals surface area contributed by atoms with Crippen LogP contribution in [-0.2, 0) is 6.42 Å². The molecule has 0 atom stereocenters. The highest BCUT2D eigenvalue weighted by Gasteiger charge is 2.18. The summed E-state index contributed by atoms with van der Waals surface area (Å²) < 4.78 is 0. The normalized spacial score (nSPS) is 10.6. The predicted octanol–water partition coefficient (Wildman–Crippen LogP) is 3.16. The van der Waals surface area contributed by atoms with E-state index in [4.69, 9.17) is 0 Å². The van der Waals surface area contributed by atoms with Crippen LogP contribution in [0.3, 0.4) is 0 Å². The zero-order valence-electron chi connectivity index (χ0n) is 10.3. The molecule has 4 nitrogen and oxygen atoms in total. The number of nitrogens with zero attached hydrogens (tertiary/aromatic N) is 2. The van der Waals surface area contributed by atoms with Gasteiger partial charge in [-0.25, -0.2) is 9.78 Å². The fourth-order valence-corrected chi connectivity index (χ4v) is 2.75. The Morgan fingerprint density at radius 3 is 2.89 bits per heavy atom. The van der Waals surface area contributed by atoms with Gasteiger partial charge in [-0.05, 0) is 25.0 Å². The summed E-state index contributed by atoms with van der Waals surface area (Å²) in [6.07, 6.45) is 3.26. The average Bonchev–Trinajstić information content (AvgIpc) is 2.74. The van der Waals surface area contributed by atoms with E-state index in [-0.39, 0.29) is 0 Å². The topological polar surface area (TPSA) is 63.1 Å². The van der Waals surface area contributed by atoms with Crippen molar-refractivity contribution in [2.75, 3.05) is 0 Å². The van der Waals surface area contributed by atoms with E-state index in [0.29, 0.717) is 22.0 Å². The Hall–Kier alpha value is -1.75. The first kappa shape index (κ1) is 12.7. The zero-order chi connectivity index (χ0) is 13.1. The van der Waals surface area contributed by atoms with E-state index in [1.807, 2.05) is 26.0 Å². The summed E-state index contributed by atoms with van der Waals surface area (Å²) in [5.74, 6) is -0.907. The largest absolute Gasteiger partial charge is 0.477 e. The molecule has 0 aliphatic rings. The Morgan fingerprint density at radius 2 is 2.28 bits per heavy atom. The molecule has 1 N–H and O–H groups in total. The average molecular weight is 262 g/mol. The molecule has 0 saturated carbocycles. The molecule has 5 heteroatoms. The number of hydrogen-bond donors (Lipinski definition) is 1. The fourth-order valence-electron chi connectivity index (χ4n) is 1.74. The minimum atomic E-state index is -0.907. The monoisotopic (exact) mass is 262 g/mol. The molecule has 0 amide bonds. The van der Waals surface area contributed by atoms with Gasteiger partial charge in [-0.3, -0.25) is 4.98 Å². The Kier molecular flexibility index (Phi) is 3.72. The SMILES string of the molecule is CCCc1nc(-c2ncccc2C)sc1C(=O)O. The Morgan fingerprint density at radius 1 is 1.50 bits per heavy atom. The lowest BCUT2D eigenvalue weighted by molar-refractivity contribution is 0.0700. The smallest absolute Gasteiger partial charge is 0.347 e. The number of carbonyl (C=O) groups is 1. The molecule has 2 aromatic heterocycles. The Bertz CT molecular complexity index is 578. The Balaban J connectivity index is 2.50. The summed E-state index contributed by atoms with van der Waals surface area (Å²) in [5.41, 5.74) is 2.44. The number of pyridine rings is 1. The van der Waals surface area contributed by atoms with Crippen LogP contribution < -0.4 is 0 Å². The molecule has 94 valence electrons. The van der Waals surface area contributed by atoms with Gasteiger partial charge in [-0.1, -0.05) is 19.4 Å². The van der Waals surface area contributed by atoms with Gasteiger partial charge in [0.1, 0.15) is 15.6 Å². The molecule has 0 aliphatic heterocycles. The van der Waals surface area contributed by atoms with Crippen molar-refractivity contribution in [2.24, 2.45) is 0 Å². The van der Waals surface area contributed by atoms with E-state index < -0.39 is 5.97 Å². The predicted molar refractivity (Wildman–Crippen MR) is 71.0 cm³/mol. The molecular formula is C13H14N2O2S. The molecule has 2 rings (SSSR count). The summed E-state index contributed by atoms with van der Waals surface area (Å²) in [7, 11) is 0. The molecule has 2 heterocycles. The van der Waals surface area contributed by atoms with Gasteiger partial charge in [0.15, 0.2) is 0 Å². The van der Waals surface area contributed by atoms with Crippen LogP contribution >= 0.6 is 11.3 Å². The van der Waals surface area contributed by atoms with Crippen LogP contribution in [0.4, 0.5) is 0 Å². The third kappa shape index (κ3) is 2.41. The molecule has 0 radical (unpaired) electrons. The molecule has 0 aliphatic carbocycles. The van der Waals surface area contributed by atoms with E-state index >= 15 is 0 Å². The van der Waals surface area contributed by atoms with Crippen molar-refractivity contribution in [3.05, 3.63) is 34.5 Å². The van der Waals surface area contributed by atoms with E-state index in [9.17, 15) is 9.90 Å². The number of carboxylic acids is 1. The van der Waals surface area contributed by atoms with Crippen molar-refractivity contribution < 1.29 is 9.90 Å². The van der Waals surface area contributed by atoms with Crippen molar-refractivity contribution in [2.45, 2.75) is 26.7 Å². The van der Waals surface area contributed by atoms with E-state index in [1.165, 1.54) is 11.3 Å². The van der Waals surface area contributed by atoms with Gasteiger partial charge in [0.25, 0.3) is 0 Å². The molecule has 0 spiro atoms. The zero-order valence-corrected chi connectivity index (χ0v) is 11.1. The van der Waals surface area contributed by atoms with Gasteiger partial charge in [0.05, 0.1) is 5.69 Å². The highest BCUT2D eigenvalue weighted by atomic mass is 32.1. The first-order chi connectivity index (χ1) is 8.63. The molecule has 18 heavy (non-hydrogen) atoms. The molecular weight excluding hydrogens is 248 g/mol. The van der Waals surface area contributed by atoms with Crippen LogP contribution in [0.5, 0.6) is 0 Å². The first-order valence-electron chi connectivity index (χ1n) is 5.78. The number of aryl methyl sites for hydroxylation is 2. The summed E-state index contributed by atoms with van der Waals surface area (Å²) in [5, 5.41) is 9.86. The third-order valence-electron chi connectivity index (χ3n) is 2.59. The van der Waals surface area contributed by atoms with Crippen LogP contribution in [0.1, 0.15) is 34.3 Å². The van der Waals surface area contributed by atoms with E-state index in [0.717, 1.165) is 17.7 Å². The lowest BCUT2D eigenvalue weighted by atomic mass is 10.2. The maximum absolute atomic E-state index is 11.2. The number of rotatable bonds is 4. The quantitative estimate of drug-likeness (QED) is 0.919. The third-order valence-corrected chi connectivity index (χ3v) is 3.68. The van der Waals surface area contributed by atoms with Gasteiger partial charge in [-0.2, -0.15) is 0 Å². The standard InChI is InChI=1S/C13H14N2O2S/c1-3-5-9-11(13(16)17)18-12(15-9)10-8(2)6-4-7-14-10/h4,6-7H,3,5H2,1-2H3,(H,16,17). The molecule has 0 unspecified atom stereocenters. The lowest BCUT2D eigenvalue weighted by Gasteiger charge is -1.98. The van der Waals surface area contributed by atoms with Gasteiger partial charge >= 0.3 is 5.97 Å². The second kappa shape index (κ2) is 5.27. The van der Waals surface area contributed by atoms with Crippen molar-refractivity contribution in [3.63, 3.8) is 0 Å². The Labute approximate surface area is 109 Å². The van der Waals surface area contributed by atoms with Crippen LogP contribution in [0.2, 0.25) is 0 Å². The van der Waals surface area contributed by atoms with E-state index in [2.05, 4.69) is 9.97 Å². The van der Waals surface area contributed by atoms with Crippen LogP contribution in [0.25, 0.3) is 10.7 Å². The van der Waals surface area contributed by atoms with Crippen molar-refractivity contribution in [3.8, 4) is 10.7 Å². The summed E-state index contributed by atoms with van der Waals surface area (Å²) in [6.45, 7) is 3.96. The van der Waals surface area contributed by atoms with Crippen LogP contribution in [-0.4, -0.2) is 21.0 Å². The number of carboxylic acid groups (broad SMARTS) is 1. The first-order valence-corrected chi connectivity index (χ1v) is 6.60. The second-order valence-electron chi connectivity index (χ2n) is 4.02. The number of hydrogen-bond acceptors (Lipinski definition) is 4. The molecule has 0 aromatic carbocycles. The summed E-state index contributed by atoms with van der Waals surface area (Å²) in [6, 6.07) is 3.81. The van der Waals surface area contributed by atoms with Crippen molar-refractivity contribution in [1.29, 1.82) is 0 Å². The van der Waals surface area contributed by atoms with Crippen LogP contribution in [0, 0.1) is 6.92 Å². The highest BCUT2D eigenvalue weighted by Crippen LogP contribution is 2.29. The molecule has 2 aromatic rings. The maximum atomic E-state index is 11.2. The molecule has 0 fully saturated rings. The number of aromatic carboxylic acids is 1. The van der Waals surface area contributed by atoms with Crippen molar-refractivity contribution >= 4 is 17.3 Å².